The van der Waals surface area contributed by atoms with Gasteiger partial charge in [-0.3, -0.25) is 13.9 Å². The zero-order valence-corrected chi connectivity index (χ0v) is 28.4. The van der Waals surface area contributed by atoms with Crippen LogP contribution < -0.4 is 15.3 Å². The van der Waals surface area contributed by atoms with Crippen molar-refractivity contribution in [3.63, 3.8) is 0 Å². The van der Waals surface area contributed by atoms with E-state index in [1.807, 2.05) is 61.5 Å². The summed E-state index contributed by atoms with van der Waals surface area (Å²) >= 11 is 0. The molecule has 3 atom stereocenters. The van der Waals surface area contributed by atoms with Gasteiger partial charge in [0, 0.05) is 17.9 Å². The number of para-hydroxylation sites is 1. The van der Waals surface area contributed by atoms with Crippen LogP contribution in [0.3, 0.4) is 0 Å². The monoisotopic (exact) mass is 663 g/mol. The van der Waals surface area contributed by atoms with Crippen LogP contribution in [0, 0.1) is 5.92 Å². The van der Waals surface area contributed by atoms with Gasteiger partial charge < -0.3 is 24.8 Å². The van der Waals surface area contributed by atoms with Crippen LogP contribution in [0.4, 0.5) is 5.82 Å². The fraction of sp³-hybridized carbons (Fsp3) is 0.382. The molecule has 0 spiro atoms. The highest BCUT2D eigenvalue weighted by Crippen LogP contribution is 2.48. The molecule has 0 saturated carbocycles. The standard InChI is InChI=1S/C34H42N5O7P/c1-7-43-19-29-37-30-31(27-14-10-11-15-28(27)36-32(30)35)39(29)34(41,21(2)3)20-44-47(42,38-23(6)33(40)45-22(4)5)46-26-17-16-24-12-8-9-13-25(24)18-26/h8-18,21-23,41H,7,19-20H2,1-6H3,(H2,35,36)(H,38,42)/t23-,34+,47-/m0/s1. The molecule has 12 nitrogen and oxygen atoms in total. The third-order valence-electron chi connectivity index (χ3n) is 7.79. The number of anilines is 1. The molecule has 0 aliphatic rings. The second kappa shape index (κ2) is 14.0. The summed E-state index contributed by atoms with van der Waals surface area (Å²) in [5.41, 5.74) is 6.04. The molecule has 0 amide bonds. The van der Waals surface area contributed by atoms with Gasteiger partial charge in [-0.1, -0.05) is 62.4 Å². The minimum Gasteiger partial charge on any atom is -0.462 e. The number of fused-ring (bicyclic) bond motifs is 4. The lowest BCUT2D eigenvalue weighted by Gasteiger charge is -2.36. The summed E-state index contributed by atoms with van der Waals surface area (Å²) in [6.07, 6.45) is -0.394. The summed E-state index contributed by atoms with van der Waals surface area (Å²) < 4.78 is 39.4. The number of carbonyl (C=O) groups is 1. The van der Waals surface area contributed by atoms with Crippen LogP contribution in [0.5, 0.6) is 5.75 Å². The number of nitrogens with one attached hydrogen (secondary N) is 1. The lowest BCUT2D eigenvalue weighted by atomic mass is 9.99. The maximum atomic E-state index is 14.6. The summed E-state index contributed by atoms with van der Waals surface area (Å²) in [6.45, 7) is 10.3. The first-order valence-electron chi connectivity index (χ1n) is 15.6. The highest BCUT2D eigenvalue weighted by atomic mass is 31.2. The first kappa shape index (κ1) is 34.3. The topological polar surface area (TPSA) is 160 Å². The number of imidazole rings is 1. The number of hydrogen-bond donors (Lipinski definition) is 3. The number of rotatable bonds is 14. The van der Waals surface area contributed by atoms with Crippen molar-refractivity contribution in [3.8, 4) is 5.75 Å². The molecule has 47 heavy (non-hydrogen) atoms. The van der Waals surface area contributed by atoms with Crippen molar-refractivity contribution in [2.75, 3.05) is 18.9 Å². The Hall–Kier alpha value is -4.06. The minimum atomic E-state index is -4.38. The largest absolute Gasteiger partial charge is 0.462 e. The van der Waals surface area contributed by atoms with E-state index in [0.717, 1.165) is 10.8 Å². The van der Waals surface area contributed by atoms with E-state index in [1.165, 1.54) is 6.92 Å². The van der Waals surface area contributed by atoms with Gasteiger partial charge in [-0.2, -0.15) is 5.09 Å². The third kappa shape index (κ3) is 7.27. The Labute approximate surface area is 273 Å². The number of hydrogen-bond acceptors (Lipinski definition) is 10. The van der Waals surface area contributed by atoms with Gasteiger partial charge in [-0.15, -0.1) is 0 Å². The predicted molar refractivity (Wildman–Crippen MR) is 182 cm³/mol. The number of benzene rings is 3. The Kier molecular flexibility index (Phi) is 10.2. The average molecular weight is 664 g/mol. The van der Waals surface area contributed by atoms with E-state index in [9.17, 15) is 14.5 Å². The molecule has 0 fully saturated rings. The number of carbonyl (C=O) groups excluding carboxylic acids is 1. The maximum Gasteiger partial charge on any atom is 0.459 e. The summed E-state index contributed by atoms with van der Waals surface area (Å²) in [7, 11) is -4.38. The van der Waals surface area contributed by atoms with Crippen LogP contribution in [0.25, 0.3) is 32.7 Å². The average Bonchev–Trinajstić information content (AvgIpc) is 3.43. The van der Waals surface area contributed by atoms with Crippen LogP contribution in [0.1, 0.15) is 47.4 Å². The number of nitrogens with zero attached hydrogens (tertiary/aromatic N) is 3. The van der Waals surface area contributed by atoms with Gasteiger partial charge in [0.1, 0.15) is 36.3 Å². The predicted octanol–water partition coefficient (Wildman–Crippen LogP) is 6.29. The fourth-order valence-corrected chi connectivity index (χ4v) is 6.81. The Balaban J connectivity index is 1.59. The van der Waals surface area contributed by atoms with Crippen molar-refractivity contribution >= 4 is 52.2 Å². The molecular formula is C34H42N5O7P. The summed E-state index contributed by atoms with van der Waals surface area (Å²) in [5.74, 6) is -0.359. The number of esters is 1. The molecule has 5 rings (SSSR count). The fourth-order valence-electron chi connectivity index (χ4n) is 5.30. The molecule has 2 heterocycles. The van der Waals surface area contributed by atoms with Crippen molar-refractivity contribution in [1.29, 1.82) is 0 Å². The van der Waals surface area contributed by atoms with Crippen molar-refractivity contribution < 1.29 is 33.0 Å². The smallest absolute Gasteiger partial charge is 0.459 e. The zero-order chi connectivity index (χ0) is 33.9. The highest BCUT2D eigenvalue weighted by Gasteiger charge is 2.42. The van der Waals surface area contributed by atoms with Crippen molar-refractivity contribution in [1.82, 2.24) is 19.6 Å². The summed E-state index contributed by atoms with van der Waals surface area (Å²) in [6, 6.07) is 19.2. The highest BCUT2D eigenvalue weighted by molar-refractivity contribution is 7.52. The molecule has 13 heteroatoms. The number of aromatic nitrogens is 3. The van der Waals surface area contributed by atoms with Gasteiger partial charge >= 0.3 is 13.7 Å². The van der Waals surface area contributed by atoms with Crippen LogP contribution >= 0.6 is 7.75 Å². The number of nitrogen functional groups attached to an aromatic ring is 1. The minimum absolute atomic E-state index is 0.0511. The molecule has 2 aromatic heterocycles. The van der Waals surface area contributed by atoms with E-state index in [0.29, 0.717) is 34.4 Å². The van der Waals surface area contributed by atoms with Gasteiger partial charge in [-0.25, -0.2) is 14.5 Å². The van der Waals surface area contributed by atoms with Gasteiger partial charge in [0.25, 0.3) is 0 Å². The Morgan fingerprint density at radius 1 is 1.02 bits per heavy atom. The van der Waals surface area contributed by atoms with Crippen LogP contribution in [-0.4, -0.2) is 51.0 Å². The molecule has 0 radical (unpaired) electrons. The number of ether oxygens (including phenoxy) is 2. The number of aliphatic hydroxyl groups is 1. The molecular weight excluding hydrogens is 621 g/mol. The van der Waals surface area contributed by atoms with E-state index in [2.05, 4.69) is 10.1 Å². The molecule has 4 N–H and O–H groups in total. The molecule has 0 saturated heterocycles. The van der Waals surface area contributed by atoms with E-state index in [4.69, 9.17) is 29.2 Å². The van der Waals surface area contributed by atoms with Crippen LogP contribution in [0.2, 0.25) is 0 Å². The van der Waals surface area contributed by atoms with E-state index in [1.54, 1.807) is 44.4 Å². The van der Waals surface area contributed by atoms with Crippen molar-refractivity contribution in [2.24, 2.45) is 5.92 Å². The van der Waals surface area contributed by atoms with E-state index in [-0.39, 0.29) is 18.2 Å². The first-order chi connectivity index (χ1) is 22.3. The van der Waals surface area contributed by atoms with Crippen molar-refractivity contribution in [3.05, 3.63) is 72.6 Å². The SMILES string of the molecule is CCOCc1nc2c(N)nc3ccccc3c2n1[C@@](O)(CO[P@@](=O)(N[C@@H](C)C(=O)OC(C)C)Oc1ccc2ccccc2c1)C(C)C. The molecule has 0 aliphatic carbocycles. The summed E-state index contributed by atoms with van der Waals surface area (Å²) in [4.78, 5) is 22.1. The van der Waals surface area contributed by atoms with Crippen LogP contribution in [-0.2, 0) is 35.7 Å². The Morgan fingerprint density at radius 2 is 1.72 bits per heavy atom. The molecule has 250 valence electrons. The second-order valence-corrected chi connectivity index (χ2v) is 13.6. The van der Waals surface area contributed by atoms with Gasteiger partial charge in [0.15, 0.2) is 11.5 Å². The van der Waals surface area contributed by atoms with Gasteiger partial charge in [0.05, 0.1) is 17.1 Å². The summed E-state index contributed by atoms with van der Waals surface area (Å²) in [5, 5.41) is 17.8. The number of nitrogens with two attached hydrogens (primary N) is 1. The molecule has 0 unspecified atom stereocenters. The Bertz CT molecular complexity index is 1950. The quantitative estimate of drug-likeness (QED) is 0.0905. The van der Waals surface area contributed by atoms with Gasteiger partial charge in [0.2, 0.25) is 0 Å². The first-order valence-corrected chi connectivity index (χ1v) is 17.2. The van der Waals surface area contributed by atoms with E-state index >= 15 is 0 Å². The molecule has 0 bridgehead atoms. The van der Waals surface area contributed by atoms with Crippen LogP contribution in [0.15, 0.2) is 66.7 Å². The van der Waals surface area contributed by atoms with E-state index < -0.39 is 44.1 Å². The third-order valence-corrected chi connectivity index (χ3v) is 9.41. The van der Waals surface area contributed by atoms with Crippen molar-refractivity contribution in [2.45, 2.75) is 66.0 Å². The lowest BCUT2D eigenvalue weighted by Crippen LogP contribution is -2.45. The van der Waals surface area contributed by atoms with Gasteiger partial charge in [-0.05, 0) is 56.7 Å². The molecule has 5 aromatic rings. The second-order valence-electron chi connectivity index (χ2n) is 12.0. The molecule has 3 aromatic carbocycles. The number of pyridine rings is 1. The zero-order valence-electron chi connectivity index (χ0n) is 27.5. The Morgan fingerprint density at radius 3 is 2.43 bits per heavy atom. The molecule has 0 aliphatic heterocycles. The normalized spacial score (nSPS) is 15.3. The maximum absolute atomic E-state index is 14.6. The lowest BCUT2D eigenvalue weighted by molar-refractivity contribution is -0.149.